The normalized spacial score (nSPS) is 12.5. The van der Waals surface area contributed by atoms with E-state index in [0.29, 0.717) is 11.1 Å². The number of ketones is 2. The first-order valence-corrected chi connectivity index (χ1v) is 7.99. The molecule has 0 atom stereocenters. The largest absolute Gasteiger partial charge is 0.481 e. The van der Waals surface area contributed by atoms with Crippen molar-refractivity contribution in [3.8, 4) is 0 Å². The van der Waals surface area contributed by atoms with E-state index in [1.807, 2.05) is 6.92 Å². The van der Waals surface area contributed by atoms with Crippen LogP contribution in [0.2, 0.25) is 0 Å². The van der Waals surface area contributed by atoms with Gasteiger partial charge in [-0.2, -0.15) is 0 Å². The van der Waals surface area contributed by atoms with Crippen LogP contribution in [0.1, 0.15) is 54.1 Å². The van der Waals surface area contributed by atoms with E-state index < -0.39 is 24.1 Å². The molecule has 0 aliphatic heterocycles. The van der Waals surface area contributed by atoms with Crippen LogP contribution in [0.4, 0.5) is 0 Å². The van der Waals surface area contributed by atoms with Gasteiger partial charge in [0, 0.05) is 22.3 Å². The topological polar surface area (TPSA) is 109 Å². The van der Waals surface area contributed by atoms with E-state index in [1.165, 1.54) is 12.1 Å². The maximum atomic E-state index is 13.1. The monoisotopic (exact) mass is 352 g/mol. The molecule has 3 rings (SSSR count). The molecule has 1 aliphatic carbocycles. The lowest BCUT2D eigenvalue weighted by Gasteiger charge is -2.23. The number of carbonyl (C=O) groups is 4. The summed E-state index contributed by atoms with van der Waals surface area (Å²) in [5, 5.41) is 18.2. The molecule has 0 aromatic heterocycles. The van der Waals surface area contributed by atoms with E-state index in [4.69, 9.17) is 10.2 Å². The van der Waals surface area contributed by atoms with Gasteiger partial charge in [-0.1, -0.05) is 17.7 Å². The van der Waals surface area contributed by atoms with Gasteiger partial charge in [0.05, 0.1) is 12.8 Å². The Morgan fingerprint density at radius 3 is 2.04 bits per heavy atom. The minimum absolute atomic E-state index is 0.0611. The van der Waals surface area contributed by atoms with Crippen LogP contribution in [0.5, 0.6) is 0 Å². The summed E-state index contributed by atoms with van der Waals surface area (Å²) >= 11 is 0. The minimum atomic E-state index is -1.16. The third kappa shape index (κ3) is 2.90. The van der Waals surface area contributed by atoms with Crippen LogP contribution in [0, 0.1) is 13.8 Å². The van der Waals surface area contributed by atoms with Crippen LogP contribution in [-0.4, -0.2) is 33.7 Å². The molecule has 0 saturated heterocycles. The molecule has 2 N–H and O–H groups in total. The fourth-order valence-corrected chi connectivity index (χ4v) is 3.51. The van der Waals surface area contributed by atoms with Crippen molar-refractivity contribution in [2.75, 3.05) is 0 Å². The lowest BCUT2D eigenvalue weighted by atomic mass is 9.78. The standard InChI is InChI=1S/C20H16O6/c1-9-3-10(2)17-13(4-9)19(25)14-6-11(7-15(21)22)5-12(8-16(23)24)18(14)20(17)26/h3-6H,7-8H2,1-2H3,(H,21,22)(H,23,24). The number of benzene rings is 2. The van der Waals surface area contributed by atoms with Gasteiger partial charge in [0.1, 0.15) is 0 Å². The highest BCUT2D eigenvalue weighted by Gasteiger charge is 2.34. The molecule has 2 aromatic carbocycles. The minimum Gasteiger partial charge on any atom is -0.481 e. The molecule has 132 valence electrons. The average molecular weight is 352 g/mol. The van der Waals surface area contributed by atoms with Crippen LogP contribution in [-0.2, 0) is 22.4 Å². The van der Waals surface area contributed by atoms with E-state index in [2.05, 4.69) is 0 Å². The average Bonchev–Trinajstić information content (AvgIpc) is 2.50. The Balaban J connectivity index is 2.30. The van der Waals surface area contributed by atoms with Crippen LogP contribution in [0.25, 0.3) is 0 Å². The third-order valence-electron chi connectivity index (χ3n) is 4.40. The number of hydrogen-bond donors (Lipinski definition) is 2. The van der Waals surface area contributed by atoms with Gasteiger partial charge < -0.3 is 10.2 Å². The molecule has 6 nitrogen and oxygen atoms in total. The summed E-state index contributed by atoms with van der Waals surface area (Å²) in [5.74, 6) is -3.05. The first-order valence-electron chi connectivity index (χ1n) is 7.99. The Labute approximate surface area is 149 Å². The molecule has 0 amide bonds. The van der Waals surface area contributed by atoms with Crippen LogP contribution in [0.3, 0.4) is 0 Å². The molecular weight excluding hydrogens is 336 g/mol. The molecule has 0 saturated carbocycles. The van der Waals surface area contributed by atoms with Gasteiger partial charge in [-0.3, -0.25) is 19.2 Å². The second kappa shape index (κ2) is 6.22. The molecule has 2 aromatic rings. The number of carboxylic acids is 2. The predicted molar refractivity (Wildman–Crippen MR) is 91.9 cm³/mol. The Kier molecular flexibility index (Phi) is 4.20. The van der Waals surface area contributed by atoms with E-state index in [0.717, 1.165) is 5.56 Å². The molecule has 0 spiro atoms. The van der Waals surface area contributed by atoms with E-state index in [1.54, 1.807) is 19.1 Å². The molecule has 26 heavy (non-hydrogen) atoms. The number of aryl methyl sites for hydroxylation is 2. The van der Waals surface area contributed by atoms with E-state index in [-0.39, 0.29) is 40.0 Å². The maximum Gasteiger partial charge on any atom is 0.307 e. The second-order valence-corrected chi connectivity index (χ2v) is 6.48. The summed E-state index contributed by atoms with van der Waals surface area (Å²) in [6.45, 7) is 3.55. The number of fused-ring (bicyclic) bond motifs is 2. The van der Waals surface area contributed by atoms with Crippen molar-refractivity contribution in [2.24, 2.45) is 0 Å². The van der Waals surface area contributed by atoms with Crippen molar-refractivity contribution in [1.82, 2.24) is 0 Å². The second-order valence-electron chi connectivity index (χ2n) is 6.48. The van der Waals surface area contributed by atoms with Gasteiger partial charge in [-0.25, -0.2) is 0 Å². The Morgan fingerprint density at radius 1 is 0.808 bits per heavy atom. The molecule has 0 heterocycles. The van der Waals surface area contributed by atoms with E-state index in [9.17, 15) is 19.2 Å². The van der Waals surface area contributed by atoms with Crippen molar-refractivity contribution in [1.29, 1.82) is 0 Å². The van der Waals surface area contributed by atoms with Gasteiger partial charge in [0.15, 0.2) is 11.6 Å². The number of rotatable bonds is 4. The number of carbonyl (C=O) groups excluding carboxylic acids is 2. The van der Waals surface area contributed by atoms with Crippen molar-refractivity contribution < 1.29 is 29.4 Å². The van der Waals surface area contributed by atoms with Gasteiger partial charge in [-0.05, 0) is 42.7 Å². The van der Waals surface area contributed by atoms with Crippen LogP contribution in [0.15, 0.2) is 24.3 Å². The molecule has 0 fully saturated rings. The molecule has 1 aliphatic rings. The fraction of sp³-hybridized carbons (Fsp3) is 0.200. The van der Waals surface area contributed by atoms with Gasteiger partial charge in [0.2, 0.25) is 0 Å². The number of carboxylic acid groups (broad SMARTS) is 2. The highest BCUT2D eigenvalue weighted by Crippen LogP contribution is 2.33. The van der Waals surface area contributed by atoms with Crippen molar-refractivity contribution in [2.45, 2.75) is 26.7 Å². The quantitative estimate of drug-likeness (QED) is 0.746. The summed E-state index contributed by atoms with van der Waals surface area (Å²) in [6.07, 6.45) is -0.823. The van der Waals surface area contributed by atoms with Gasteiger partial charge in [0.25, 0.3) is 0 Å². The first-order chi connectivity index (χ1) is 12.2. The third-order valence-corrected chi connectivity index (χ3v) is 4.40. The summed E-state index contributed by atoms with van der Waals surface area (Å²) < 4.78 is 0. The summed E-state index contributed by atoms with van der Waals surface area (Å²) in [4.78, 5) is 48.3. The zero-order valence-electron chi connectivity index (χ0n) is 14.3. The van der Waals surface area contributed by atoms with Crippen LogP contribution >= 0.6 is 0 Å². The highest BCUT2D eigenvalue weighted by atomic mass is 16.4. The molecule has 0 unspecified atom stereocenters. The Bertz CT molecular complexity index is 1000. The van der Waals surface area contributed by atoms with Gasteiger partial charge >= 0.3 is 11.9 Å². The summed E-state index contributed by atoms with van der Waals surface area (Å²) in [5.41, 5.74) is 2.63. The highest BCUT2D eigenvalue weighted by molar-refractivity contribution is 6.29. The zero-order valence-corrected chi connectivity index (χ0v) is 14.3. The predicted octanol–water partition coefficient (Wildman–Crippen LogP) is 2.33. The number of aliphatic carboxylic acids is 2. The van der Waals surface area contributed by atoms with Crippen molar-refractivity contribution >= 4 is 23.5 Å². The summed E-state index contributed by atoms with van der Waals surface area (Å²) in [7, 11) is 0. The zero-order chi connectivity index (χ0) is 19.2. The molecular formula is C20H16O6. The molecule has 0 radical (unpaired) electrons. The van der Waals surface area contributed by atoms with Crippen molar-refractivity contribution in [3.05, 3.63) is 68.8 Å². The van der Waals surface area contributed by atoms with Gasteiger partial charge in [-0.15, -0.1) is 0 Å². The van der Waals surface area contributed by atoms with Crippen LogP contribution < -0.4 is 0 Å². The first kappa shape index (κ1) is 17.5. The van der Waals surface area contributed by atoms with E-state index >= 15 is 0 Å². The smallest absolute Gasteiger partial charge is 0.307 e. The maximum absolute atomic E-state index is 13.1. The molecule has 0 bridgehead atoms. The van der Waals surface area contributed by atoms with Crippen molar-refractivity contribution in [3.63, 3.8) is 0 Å². The lowest BCUT2D eigenvalue weighted by Crippen LogP contribution is -2.25. The Morgan fingerprint density at radius 2 is 1.42 bits per heavy atom. The summed E-state index contributed by atoms with van der Waals surface area (Å²) in [6, 6.07) is 6.20. The fourth-order valence-electron chi connectivity index (χ4n) is 3.51. The SMILES string of the molecule is Cc1cc(C)c2c(c1)C(=O)c1cc(CC(=O)O)cc(CC(=O)O)c1C2=O. The lowest BCUT2D eigenvalue weighted by molar-refractivity contribution is -0.137. The molecule has 6 heteroatoms. The Hall–Kier alpha value is -3.28. The number of hydrogen-bond acceptors (Lipinski definition) is 4.